The molecule has 5 nitrogen and oxygen atoms in total. The summed E-state index contributed by atoms with van der Waals surface area (Å²) in [4.78, 5) is 26.5. The minimum atomic E-state index is -0.469. The topological polar surface area (TPSA) is 63.7 Å². The molecule has 26 heavy (non-hydrogen) atoms. The molecule has 2 aromatic heterocycles. The minimum Gasteiger partial charge on any atom is -0.425 e. The Morgan fingerprint density at radius 2 is 1.77 bits per heavy atom. The summed E-state index contributed by atoms with van der Waals surface area (Å²) >= 11 is 0. The molecule has 0 unspecified atom stereocenters. The molecule has 0 fully saturated rings. The van der Waals surface area contributed by atoms with Gasteiger partial charge in [0.25, 0.3) is 5.91 Å². The number of carbonyl (C=O) groups is 1. The fourth-order valence-corrected chi connectivity index (χ4v) is 2.84. The van der Waals surface area contributed by atoms with E-state index in [2.05, 4.69) is 0 Å². The van der Waals surface area contributed by atoms with Gasteiger partial charge in [-0.15, -0.1) is 0 Å². The first-order valence-corrected chi connectivity index (χ1v) is 7.99. The van der Waals surface area contributed by atoms with Crippen molar-refractivity contribution in [3.8, 4) is 0 Å². The summed E-state index contributed by atoms with van der Waals surface area (Å²) in [6, 6.07) is 14.4. The average Bonchev–Trinajstić information content (AvgIpc) is 3.07. The van der Waals surface area contributed by atoms with Gasteiger partial charge in [0.2, 0.25) is 5.43 Å². The molecule has 0 saturated carbocycles. The summed E-state index contributed by atoms with van der Waals surface area (Å²) in [6.45, 7) is 0.0753. The smallest absolute Gasteiger partial charge is 0.302 e. The third-order valence-electron chi connectivity index (χ3n) is 4.20. The van der Waals surface area contributed by atoms with Crippen LogP contribution in [0.1, 0.15) is 16.1 Å². The Morgan fingerprint density at radius 1 is 1.04 bits per heavy atom. The predicted molar refractivity (Wildman–Crippen MR) is 94.5 cm³/mol. The lowest BCUT2D eigenvalue weighted by atomic mass is 10.2. The van der Waals surface area contributed by atoms with Gasteiger partial charge in [0.15, 0.2) is 5.76 Å². The maximum Gasteiger partial charge on any atom is 0.302 e. The van der Waals surface area contributed by atoms with E-state index in [1.807, 2.05) is 0 Å². The zero-order valence-corrected chi connectivity index (χ0v) is 13.9. The lowest BCUT2D eigenvalue weighted by molar-refractivity contribution is 0.0752. The second kappa shape index (κ2) is 6.15. The van der Waals surface area contributed by atoms with E-state index in [9.17, 15) is 14.0 Å². The molecule has 4 aromatic rings. The lowest BCUT2D eigenvalue weighted by Gasteiger charge is -2.15. The van der Waals surface area contributed by atoms with Gasteiger partial charge in [0.05, 0.1) is 5.39 Å². The molecule has 0 atom stereocenters. The number of benzene rings is 2. The summed E-state index contributed by atoms with van der Waals surface area (Å²) in [7, 11) is 1.54. The van der Waals surface area contributed by atoms with Crippen LogP contribution in [0.3, 0.4) is 0 Å². The van der Waals surface area contributed by atoms with Crippen molar-refractivity contribution in [3.05, 3.63) is 82.0 Å². The average molecular weight is 351 g/mol. The minimum absolute atomic E-state index is 0.00339. The summed E-state index contributed by atoms with van der Waals surface area (Å²) < 4.78 is 24.8. The van der Waals surface area contributed by atoms with Gasteiger partial charge in [-0.2, -0.15) is 0 Å². The van der Waals surface area contributed by atoms with Crippen LogP contribution in [0, 0.1) is 5.82 Å². The molecule has 2 heterocycles. The maximum atomic E-state index is 13.8. The van der Waals surface area contributed by atoms with Crippen LogP contribution >= 0.6 is 0 Å². The highest BCUT2D eigenvalue weighted by Gasteiger charge is 2.21. The fraction of sp³-hybridized carbons (Fsp3) is 0.100. The first kappa shape index (κ1) is 16.1. The Morgan fingerprint density at radius 3 is 2.58 bits per heavy atom. The zero-order valence-electron chi connectivity index (χ0n) is 13.9. The fourth-order valence-electron chi connectivity index (χ4n) is 2.84. The molecule has 0 radical (unpaired) electrons. The molecule has 0 aliphatic rings. The van der Waals surface area contributed by atoms with Crippen molar-refractivity contribution >= 4 is 28.0 Å². The van der Waals surface area contributed by atoms with Crippen molar-refractivity contribution in [1.29, 1.82) is 0 Å². The predicted octanol–water partition coefficient (Wildman–Crippen LogP) is 3.95. The number of fused-ring (bicyclic) bond motifs is 2. The number of hydrogen-bond donors (Lipinski definition) is 0. The largest absolute Gasteiger partial charge is 0.425 e. The zero-order chi connectivity index (χ0) is 18.3. The Bertz CT molecular complexity index is 1190. The Kier molecular flexibility index (Phi) is 3.80. The third kappa shape index (κ3) is 2.65. The maximum absolute atomic E-state index is 13.8. The second-order valence-corrected chi connectivity index (χ2v) is 5.99. The van der Waals surface area contributed by atoms with Gasteiger partial charge in [-0.05, 0) is 18.2 Å². The molecule has 0 aliphatic carbocycles. The molecule has 1 amide bonds. The van der Waals surface area contributed by atoms with Crippen LogP contribution in [-0.2, 0) is 6.54 Å². The van der Waals surface area contributed by atoms with Crippen LogP contribution in [0.25, 0.3) is 22.1 Å². The molecule has 0 spiro atoms. The number of furan rings is 1. The van der Waals surface area contributed by atoms with Crippen LogP contribution in [0.4, 0.5) is 4.39 Å². The molecule has 130 valence electrons. The van der Waals surface area contributed by atoms with Crippen molar-refractivity contribution in [2.24, 2.45) is 0 Å². The Labute approximate surface area is 147 Å². The van der Waals surface area contributed by atoms with Crippen molar-refractivity contribution in [3.63, 3.8) is 0 Å². The van der Waals surface area contributed by atoms with E-state index in [1.165, 1.54) is 24.1 Å². The van der Waals surface area contributed by atoms with Gasteiger partial charge in [0.1, 0.15) is 16.8 Å². The molecular weight excluding hydrogens is 337 g/mol. The summed E-state index contributed by atoms with van der Waals surface area (Å²) in [5.74, 6) is -0.894. The number of amides is 1. The number of halogens is 1. The lowest BCUT2D eigenvalue weighted by Crippen LogP contribution is -2.26. The van der Waals surface area contributed by atoms with Gasteiger partial charge in [-0.3, -0.25) is 9.59 Å². The SMILES string of the molecule is CN(Cc1ccccc1F)C(=O)c1cc2c(=O)c3ccccc3oc2o1. The van der Waals surface area contributed by atoms with Crippen LogP contribution in [-0.4, -0.2) is 17.9 Å². The number of hydrogen-bond acceptors (Lipinski definition) is 4. The first-order chi connectivity index (χ1) is 12.5. The summed E-state index contributed by atoms with van der Waals surface area (Å²) in [5.41, 5.74) is 0.513. The molecule has 0 aliphatic heterocycles. The normalized spacial score (nSPS) is 11.2. The standard InChI is InChI=1S/C20H14FNO4/c1-22(11-12-6-2-4-8-15(12)21)19(24)17-10-14-18(23)13-7-3-5-9-16(13)25-20(14)26-17/h2-10H,11H2,1H3. The van der Waals surface area contributed by atoms with Gasteiger partial charge >= 0.3 is 5.78 Å². The highest BCUT2D eigenvalue weighted by atomic mass is 19.1. The van der Waals surface area contributed by atoms with E-state index in [0.717, 1.165) is 0 Å². The third-order valence-corrected chi connectivity index (χ3v) is 4.20. The number of carbonyl (C=O) groups excluding carboxylic acids is 1. The van der Waals surface area contributed by atoms with E-state index in [0.29, 0.717) is 16.5 Å². The number of nitrogens with zero attached hydrogens (tertiary/aromatic N) is 1. The molecule has 0 N–H and O–H groups in total. The van der Waals surface area contributed by atoms with Gasteiger partial charge in [-0.1, -0.05) is 30.3 Å². The molecule has 2 aromatic carbocycles. The van der Waals surface area contributed by atoms with Crippen molar-refractivity contribution in [2.45, 2.75) is 6.54 Å². The molecular formula is C20H14FNO4. The summed E-state index contributed by atoms with van der Waals surface area (Å²) in [6.07, 6.45) is 0. The van der Waals surface area contributed by atoms with Gasteiger partial charge < -0.3 is 13.7 Å². The Balaban J connectivity index is 1.71. The van der Waals surface area contributed by atoms with Crippen molar-refractivity contribution < 1.29 is 18.0 Å². The molecule has 4 rings (SSSR count). The quantitative estimate of drug-likeness (QED) is 0.561. The molecule has 0 bridgehead atoms. The first-order valence-electron chi connectivity index (χ1n) is 7.99. The highest BCUT2D eigenvalue weighted by Crippen LogP contribution is 2.23. The van der Waals surface area contributed by atoms with Gasteiger partial charge in [-0.25, -0.2) is 4.39 Å². The second-order valence-electron chi connectivity index (χ2n) is 5.99. The van der Waals surface area contributed by atoms with E-state index in [4.69, 9.17) is 8.83 Å². The molecule has 0 saturated heterocycles. The van der Waals surface area contributed by atoms with Crippen LogP contribution in [0.2, 0.25) is 0 Å². The Hall–Kier alpha value is -3.41. The van der Waals surface area contributed by atoms with Crippen LogP contribution in [0.15, 0.2) is 68.2 Å². The van der Waals surface area contributed by atoms with E-state index in [-0.39, 0.29) is 34.7 Å². The van der Waals surface area contributed by atoms with Crippen molar-refractivity contribution in [1.82, 2.24) is 4.90 Å². The van der Waals surface area contributed by atoms with Crippen LogP contribution < -0.4 is 5.43 Å². The van der Waals surface area contributed by atoms with Crippen molar-refractivity contribution in [2.75, 3.05) is 7.05 Å². The van der Waals surface area contributed by atoms with Gasteiger partial charge in [0, 0.05) is 25.2 Å². The monoisotopic (exact) mass is 351 g/mol. The van der Waals surface area contributed by atoms with Crippen LogP contribution in [0.5, 0.6) is 0 Å². The number of rotatable bonds is 3. The van der Waals surface area contributed by atoms with E-state index >= 15 is 0 Å². The van der Waals surface area contributed by atoms with E-state index in [1.54, 1.807) is 42.5 Å². The summed E-state index contributed by atoms with van der Waals surface area (Å²) in [5, 5.41) is 0.617. The highest BCUT2D eigenvalue weighted by molar-refractivity contribution is 5.97. The number of para-hydroxylation sites is 1. The molecule has 6 heteroatoms. The van der Waals surface area contributed by atoms with E-state index < -0.39 is 5.91 Å².